The van der Waals surface area contributed by atoms with E-state index in [1.54, 1.807) is 0 Å². The third-order valence-electron chi connectivity index (χ3n) is 3.42. The molecule has 0 spiro atoms. The molecule has 0 saturated carbocycles. The summed E-state index contributed by atoms with van der Waals surface area (Å²) in [5.74, 6) is 0. The van der Waals surface area contributed by atoms with E-state index in [0.717, 1.165) is 11.4 Å². The van der Waals surface area contributed by atoms with Gasteiger partial charge in [0, 0.05) is 19.0 Å². The first-order valence-corrected chi connectivity index (χ1v) is 11.0. The van der Waals surface area contributed by atoms with Crippen LogP contribution in [0.15, 0.2) is 41.7 Å². The minimum atomic E-state index is -1.63. The normalized spacial score (nSPS) is 13.7. The number of imidazole rings is 1. The molecule has 0 saturated heterocycles. The molecule has 1 heterocycles. The summed E-state index contributed by atoms with van der Waals surface area (Å²) < 4.78 is 8.29. The van der Waals surface area contributed by atoms with Gasteiger partial charge in [-0.05, 0) is 32.1 Å². The molecule has 0 fully saturated rings. The predicted octanol–water partition coefficient (Wildman–Crippen LogP) is 3.74. The third kappa shape index (κ3) is 4.64. The van der Waals surface area contributed by atoms with Crippen LogP contribution >= 0.6 is 0 Å². The molecule has 1 unspecified atom stereocenters. The summed E-state index contributed by atoms with van der Waals surface area (Å²) in [6.07, 6.45) is 3.66. The minimum Gasteiger partial charge on any atom is -0.409 e. The summed E-state index contributed by atoms with van der Waals surface area (Å²) in [6.45, 7) is 9.27. The molecular formula is C17H25N3OSi. The molecule has 22 heavy (non-hydrogen) atoms. The van der Waals surface area contributed by atoms with Crippen molar-refractivity contribution in [3.8, 4) is 0 Å². The molecule has 0 aliphatic rings. The van der Waals surface area contributed by atoms with Crippen LogP contribution in [0.5, 0.6) is 0 Å². The van der Waals surface area contributed by atoms with Crippen LogP contribution in [0.3, 0.4) is 0 Å². The van der Waals surface area contributed by atoms with E-state index in [-0.39, 0.29) is 6.10 Å². The van der Waals surface area contributed by atoms with Gasteiger partial charge in [0.15, 0.2) is 8.32 Å². The number of nitrogens with zero attached hydrogens (tertiary/aromatic N) is 3. The van der Waals surface area contributed by atoms with Crippen LogP contribution in [0.2, 0.25) is 19.6 Å². The Hall–Kier alpha value is -1.72. The first-order valence-electron chi connectivity index (χ1n) is 7.57. The molecular weight excluding hydrogens is 290 g/mol. The van der Waals surface area contributed by atoms with Gasteiger partial charge in [0.25, 0.3) is 0 Å². The smallest absolute Gasteiger partial charge is 0.184 e. The topological polar surface area (TPSA) is 39.4 Å². The van der Waals surface area contributed by atoms with Crippen LogP contribution in [0.25, 0.3) is 0 Å². The van der Waals surface area contributed by atoms with E-state index in [1.807, 2.05) is 49.3 Å². The monoisotopic (exact) mass is 315 g/mol. The fourth-order valence-corrected chi connectivity index (χ4v) is 3.24. The van der Waals surface area contributed by atoms with Gasteiger partial charge in [-0.1, -0.05) is 30.3 Å². The van der Waals surface area contributed by atoms with Gasteiger partial charge in [-0.2, -0.15) is 0 Å². The van der Waals surface area contributed by atoms with Gasteiger partial charge in [0.2, 0.25) is 0 Å². The van der Waals surface area contributed by atoms with Crippen molar-refractivity contribution in [1.82, 2.24) is 9.55 Å². The Bertz CT molecular complexity index is 629. The molecule has 0 amide bonds. The molecule has 5 heteroatoms. The first-order chi connectivity index (χ1) is 10.4. The lowest BCUT2D eigenvalue weighted by Crippen LogP contribution is -2.29. The Labute approximate surface area is 134 Å². The van der Waals surface area contributed by atoms with Crippen LogP contribution in [-0.4, -0.2) is 30.6 Å². The number of hydrogen-bond donors (Lipinski definition) is 0. The van der Waals surface area contributed by atoms with Gasteiger partial charge in [0.05, 0.1) is 19.0 Å². The number of benzene rings is 1. The van der Waals surface area contributed by atoms with Gasteiger partial charge in [-0.3, -0.25) is 4.99 Å². The molecule has 0 aliphatic carbocycles. The van der Waals surface area contributed by atoms with E-state index < -0.39 is 8.32 Å². The van der Waals surface area contributed by atoms with E-state index >= 15 is 0 Å². The van der Waals surface area contributed by atoms with Gasteiger partial charge < -0.3 is 8.99 Å². The molecule has 0 aliphatic heterocycles. The van der Waals surface area contributed by atoms with Gasteiger partial charge in [-0.15, -0.1) is 0 Å². The lowest BCUT2D eigenvalue weighted by Gasteiger charge is -2.25. The molecule has 1 atom stereocenters. The second kappa shape index (κ2) is 7.02. The maximum absolute atomic E-state index is 6.30. The van der Waals surface area contributed by atoms with Gasteiger partial charge in [-0.25, -0.2) is 4.98 Å². The highest BCUT2D eigenvalue weighted by atomic mass is 28.4. The summed E-state index contributed by atoms with van der Waals surface area (Å²) >= 11 is 0. The van der Waals surface area contributed by atoms with E-state index in [1.165, 1.54) is 5.56 Å². The van der Waals surface area contributed by atoms with Crippen molar-refractivity contribution >= 4 is 14.5 Å². The van der Waals surface area contributed by atoms with Crippen LogP contribution in [0.4, 0.5) is 0 Å². The zero-order valence-electron chi connectivity index (χ0n) is 14.1. The van der Waals surface area contributed by atoms with E-state index in [4.69, 9.17) is 4.43 Å². The average molecular weight is 315 g/mol. The highest BCUT2D eigenvalue weighted by molar-refractivity contribution is 6.69. The van der Waals surface area contributed by atoms with Crippen LogP contribution in [0, 0.1) is 6.92 Å². The Kier molecular flexibility index (Phi) is 5.31. The molecule has 0 bridgehead atoms. The maximum Gasteiger partial charge on any atom is 0.184 e. The second-order valence-corrected chi connectivity index (χ2v) is 10.9. The predicted molar refractivity (Wildman–Crippen MR) is 94.0 cm³/mol. The van der Waals surface area contributed by atoms with Crippen molar-refractivity contribution in [1.29, 1.82) is 0 Å². The zero-order chi connectivity index (χ0) is 16.2. The summed E-state index contributed by atoms with van der Waals surface area (Å²) in [5, 5.41) is 0. The molecule has 4 nitrogen and oxygen atoms in total. The molecule has 0 N–H and O–H groups in total. The minimum absolute atomic E-state index is 0.00753. The maximum atomic E-state index is 6.30. The Morgan fingerprint density at radius 1 is 1.27 bits per heavy atom. The molecule has 0 radical (unpaired) electrons. The fraction of sp³-hybridized carbons (Fsp3) is 0.412. The Morgan fingerprint density at radius 3 is 2.50 bits per heavy atom. The van der Waals surface area contributed by atoms with Crippen LogP contribution in [0.1, 0.15) is 23.1 Å². The van der Waals surface area contributed by atoms with Crippen molar-refractivity contribution in [3.05, 3.63) is 53.6 Å². The zero-order valence-corrected chi connectivity index (χ0v) is 15.1. The Morgan fingerprint density at radius 2 is 1.95 bits per heavy atom. The standard InChI is InChI=1S/C17H25N3OSi/c1-14-16(19-13-20(14)2)11-18-12-17(21-22(3,4)5)15-9-7-6-8-10-15/h6-11,13,17H,12H2,1-5H3. The highest BCUT2D eigenvalue weighted by Gasteiger charge is 2.22. The number of aromatic nitrogens is 2. The largest absolute Gasteiger partial charge is 0.409 e. The summed E-state index contributed by atoms with van der Waals surface area (Å²) in [4.78, 5) is 8.91. The van der Waals surface area contributed by atoms with Gasteiger partial charge in [0.1, 0.15) is 5.69 Å². The molecule has 118 valence electrons. The number of rotatable bonds is 6. The lowest BCUT2D eigenvalue weighted by molar-refractivity contribution is 0.207. The molecule has 2 rings (SSSR count). The Balaban J connectivity index is 2.11. The van der Waals surface area contributed by atoms with Gasteiger partial charge >= 0.3 is 0 Å². The van der Waals surface area contributed by atoms with E-state index in [0.29, 0.717) is 6.54 Å². The number of hydrogen-bond acceptors (Lipinski definition) is 3. The quantitative estimate of drug-likeness (QED) is 0.602. The van der Waals surface area contributed by atoms with Crippen molar-refractivity contribution in [2.45, 2.75) is 32.7 Å². The summed E-state index contributed by atoms with van der Waals surface area (Å²) in [5.41, 5.74) is 3.22. The van der Waals surface area contributed by atoms with Crippen molar-refractivity contribution in [2.24, 2.45) is 12.0 Å². The lowest BCUT2D eigenvalue weighted by atomic mass is 10.1. The molecule has 1 aromatic heterocycles. The van der Waals surface area contributed by atoms with Crippen LogP contribution < -0.4 is 0 Å². The third-order valence-corrected chi connectivity index (χ3v) is 4.41. The SMILES string of the molecule is Cc1c(C=NCC(O[Si](C)(C)C)c2ccccc2)ncn1C. The number of aliphatic imine (C=N–C) groups is 1. The van der Waals surface area contributed by atoms with Crippen molar-refractivity contribution in [2.75, 3.05) is 6.54 Å². The highest BCUT2D eigenvalue weighted by Crippen LogP contribution is 2.22. The summed E-state index contributed by atoms with van der Waals surface area (Å²) in [7, 11) is 0.354. The average Bonchev–Trinajstić information content (AvgIpc) is 2.78. The fourth-order valence-electron chi connectivity index (χ4n) is 2.18. The second-order valence-electron chi connectivity index (χ2n) is 6.45. The first kappa shape index (κ1) is 16.6. The molecule has 1 aromatic carbocycles. The summed E-state index contributed by atoms with van der Waals surface area (Å²) in [6, 6.07) is 10.3. The van der Waals surface area contributed by atoms with E-state index in [2.05, 4.69) is 41.8 Å². The number of aryl methyl sites for hydroxylation is 1. The van der Waals surface area contributed by atoms with E-state index in [9.17, 15) is 0 Å². The van der Waals surface area contributed by atoms with Crippen molar-refractivity contribution in [3.63, 3.8) is 0 Å². The molecule has 2 aromatic rings. The van der Waals surface area contributed by atoms with Crippen LogP contribution in [-0.2, 0) is 11.5 Å². The van der Waals surface area contributed by atoms with Crippen molar-refractivity contribution < 1.29 is 4.43 Å².